The zero-order valence-corrected chi connectivity index (χ0v) is 18.0. The molecule has 0 saturated heterocycles. The van der Waals surface area contributed by atoms with Gasteiger partial charge in [-0.15, -0.1) is 0 Å². The van der Waals surface area contributed by atoms with Crippen LogP contribution in [0, 0.1) is 11.6 Å². The molecule has 4 nitrogen and oxygen atoms in total. The van der Waals surface area contributed by atoms with Crippen LogP contribution in [0.3, 0.4) is 0 Å². The third kappa shape index (κ3) is 5.78. The van der Waals surface area contributed by atoms with Crippen LogP contribution < -0.4 is 10.1 Å². The minimum Gasteiger partial charge on any atom is -0.493 e. The van der Waals surface area contributed by atoms with Crippen LogP contribution in [0.25, 0.3) is 11.1 Å². The van der Waals surface area contributed by atoms with Crippen molar-refractivity contribution < 1.29 is 36.3 Å². The normalized spacial score (nSPS) is 11.2. The maximum Gasteiger partial charge on any atom is 0.416 e. The van der Waals surface area contributed by atoms with Gasteiger partial charge in [-0.3, -0.25) is 9.59 Å². The van der Waals surface area contributed by atoms with Crippen LogP contribution in [0.4, 0.5) is 22.0 Å². The van der Waals surface area contributed by atoms with Crippen LogP contribution in [-0.4, -0.2) is 18.8 Å². The molecule has 34 heavy (non-hydrogen) atoms. The largest absolute Gasteiger partial charge is 0.493 e. The Morgan fingerprint density at radius 1 is 1.00 bits per heavy atom. The van der Waals surface area contributed by atoms with Crippen molar-refractivity contribution in [2.45, 2.75) is 26.1 Å². The van der Waals surface area contributed by atoms with E-state index in [0.29, 0.717) is 42.3 Å². The molecule has 0 radical (unpaired) electrons. The maximum absolute atomic E-state index is 14.4. The number of alkyl halides is 3. The van der Waals surface area contributed by atoms with Crippen LogP contribution in [0.5, 0.6) is 5.75 Å². The summed E-state index contributed by atoms with van der Waals surface area (Å²) < 4.78 is 72.4. The Balaban J connectivity index is 1.88. The molecule has 0 spiro atoms. The van der Waals surface area contributed by atoms with E-state index in [1.807, 2.05) is 6.92 Å². The number of amides is 1. The number of rotatable bonds is 8. The number of hydrogen-bond donors (Lipinski definition) is 1. The number of halogens is 5. The number of hydrogen-bond acceptors (Lipinski definition) is 3. The van der Waals surface area contributed by atoms with E-state index < -0.39 is 34.8 Å². The maximum atomic E-state index is 14.4. The van der Waals surface area contributed by atoms with Crippen molar-refractivity contribution in [3.05, 3.63) is 88.5 Å². The lowest BCUT2D eigenvalue weighted by Crippen LogP contribution is -2.24. The van der Waals surface area contributed by atoms with Crippen molar-refractivity contribution >= 4 is 12.2 Å². The van der Waals surface area contributed by atoms with E-state index in [4.69, 9.17) is 4.74 Å². The summed E-state index contributed by atoms with van der Waals surface area (Å²) in [6, 6.07) is 10.3. The van der Waals surface area contributed by atoms with Gasteiger partial charge in [0.15, 0.2) is 0 Å². The Kier molecular flexibility index (Phi) is 7.65. The SMILES string of the molecule is CCCOc1ccc(-c2cc(C=O)ccc2F)cc1CNC(=O)c1ccc(C(F)(F)F)cc1F. The Morgan fingerprint density at radius 3 is 2.41 bits per heavy atom. The topological polar surface area (TPSA) is 55.4 Å². The molecule has 3 aromatic rings. The molecule has 0 aromatic heterocycles. The van der Waals surface area contributed by atoms with Crippen LogP contribution in [0.15, 0.2) is 54.6 Å². The molecule has 0 bridgehead atoms. The Hall–Kier alpha value is -3.75. The summed E-state index contributed by atoms with van der Waals surface area (Å²) in [5, 5.41) is 2.46. The van der Waals surface area contributed by atoms with Gasteiger partial charge in [0.1, 0.15) is 23.7 Å². The lowest BCUT2D eigenvalue weighted by atomic mass is 10.00. The predicted molar refractivity (Wildman–Crippen MR) is 116 cm³/mol. The highest BCUT2D eigenvalue weighted by molar-refractivity contribution is 5.94. The number of aldehydes is 1. The summed E-state index contributed by atoms with van der Waals surface area (Å²) >= 11 is 0. The predicted octanol–water partition coefficient (Wildman–Crippen LogP) is 6.18. The van der Waals surface area contributed by atoms with Gasteiger partial charge in [0.25, 0.3) is 5.91 Å². The summed E-state index contributed by atoms with van der Waals surface area (Å²) in [6.45, 7) is 2.09. The quantitative estimate of drug-likeness (QED) is 0.311. The van der Waals surface area contributed by atoms with Gasteiger partial charge in [0.2, 0.25) is 0 Å². The smallest absolute Gasteiger partial charge is 0.416 e. The van der Waals surface area contributed by atoms with Gasteiger partial charge >= 0.3 is 6.18 Å². The molecule has 0 fully saturated rings. The van der Waals surface area contributed by atoms with Crippen molar-refractivity contribution in [2.75, 3.05) is 6.61 Å². The first-order valence-corrected chi connectivity index (χ1v) is 10.3. The Labute approximate surface area is 192 Å². The Morgan fingerprint density at radius 2 is 1.76 bits per heavy atom. The number of carbonyl (C=O) groups is 2. The minimum atomic E-state index is -4.74. The highest BCUT2D eigenvalue weighted by Crippen LogP contribution is 2.31. The van der Waals surface area contributed by atoms with E-state index in [1.54, 1.807) is 18.2 Å². The second-order valence-corrected chi connectivity index (χ2v) is 7.40. The average molecular weight is 477 g/mol. The average Bonchev–Trinajstić information content (AvgIpc) is 2.81. The van der Waals surface area contributed by atoms with Gasteiger partial charge in [-0.25, -0.2) is 8.78 Å². The van der Waals surface area contributed by atoms with Crippen molar-refractivity contribution in [3.8, 4) is 16.9 Å². The fourth-order valence-electron chi connectivity index (χ4n) is 3.22. The van der Waals surface area contributed by atoms with Gasteiger partial charge in [0.05, 0.1) is 17.7 Å². The van der Waals surface area contributed by atoms with Gasteiger partial charge in [-0.05, 0) is 60.5 Å². The molecule has 0 unspecified atom stereocenters. The van der Waals surface area contributed by atoms with E-state index in [-0.39, 0.29) is 23.7 Å². The van der Waals surface area contributed by atoms with Crippen LogP contribution in [0.2, 0.25) is 0 Å². The van der Waals surface area contributed by atoms with Gasteiger partial charge in [0, 0.05) is 23.2 Å². The van der Waals surface area contributed by atoms with Crippen molar-refractivity contribution in [1.82, 2.24) is 5.32 Å². The minimum absolute atomic E-state index is 0.160. The first-order chi connectivity index (χ1) is 16.1. The zero-order valence-electron chi connectivity index (χ0n) is 18.0. The number of benzene rings is 3. The van der Waals surface area contributed by atoms with Crippen LogP contribution in [-0.2, 0) is 12.7 Å². The molecule has 1 amide bonds. The molecule has 0 saturated carbocycles. The van der Waals surface area contributed by atoms with Gasteiger partial charge in [-0.1, -0.05) is 13.0 Å². The fraction of sp³-hybridized carbons (Fsp3) is 0.200. The van der Waals surface area contributed by atoms with E-state index in [1.165, 1.54) is 12.1 Å². The van der Waals surface area contributed by atoms with Crippen LogP contribution >= 0.6 is 0 Å². The number of ether oxygens (including phenoxy) is 1. The number of nitrogens with one attached hydrogen (secondary N) is 1. The molecule has 0 heterocycles. The molecular formula is C25H20F5NO3. The first kappa shape index (κ1) is 24.9. The van der Waals surface area contributed by atoms with E-state index >= 15 is 0 Å². The molecule has 3 rings (SSSR count). The second kappa shape index (κ2) is 10.5. The summed E-state index contributed by atoms with van der Waals surface area (Å²) in [5.74, 6) is -2.40. The highest BCUT2D eigenvalue weighted by Gasteiger charge is 2.31. The zero-order chi connectivity index (χ0) is 24.9. The van der Waals surface area contributed by atoms with Gasteiger partial charge in [-0.2, -0.15) is 13.2 Å². The third-order valence-electron chi connectivity index (χ3n) is 4.94. The molecule has 178 valence electrons. The Bertz CT molecular complexity index is 1210. The van der Waals surface area contributed by atoms with Crippen molar-refractivity contribution in [3.63, 3.8) is 0 Å². The first-order valence-electron chi connectivity index (χ1n) is 10.3. The second-order valence-electron chi connectivity index (χ2n) is 7.40. The lowest BCUT2D eigenvalue weighted by molar-refractivity contribution is -0.137. The molecule has 0 aliphatic carbocycles. The molecule has 0 atom stereocenters. The van der Waals surface area contributed by atoms with E-state index in [2.05, 4.69) is 5.32 Å². The van der Waals surface area contributed by atoms with Crippen molar-refractivity contribution in [1.29, 1.82) is 0 Å². The molecule has 1 N–H and O–H groups in total. The molecule has 3 aromatic carbocycles. The van der Waals surface area contributed by atoms with Crippen LogP contribution in [0.1, 0.15) is 45.2 Å². The fourth-order valence-corrected chi connectivity index (χ4v) is 3.22. The summed E-state index contributed by atoms with van der Waals surface area (Å²) in [6.07, 6.45) is -3.46. The monoisotopic (exact) mass is 477 g/mol. The lowest BCUT2D eigenvalue weighted by Gasteiger charge is -2.15. The van der Waals surface area contributed by atoms with Crippen molar-refractivity contribution in [2.24, 2.45) is 0 Å². The number of carbonyl (C=O) groups excluding carboxylic acids is 2. The standard InChI is InChI=1S/C25H20F5NO3/c1-2-9-34-23-8-4-16(20-10-15(14-32)3-7-21(20)26)11-17(23)13-31-24(33)19-6-5-18(12-22(19)27)25(28,29)30/h3-8,10-12,14H,2,9,13H2,1H3,(H,31,33). The third-order valence-corrected chi connectivity index (χ3v) is 4.94. The molecule has 0 aliphatic rings. The highest BCUT2D eigenvalue weighted by atomic mass is 19.4. The summed E-state index contributed by atoms with van der Waals surface area (Å²) in [4.78, 5) is 23.5. The summed E-state index contributed by atoms with van der Waals surface area (Å²) in [7, 11) is 0. The molecule has 9 heteroatoms. The summed E-state index contributed by atoms with van der Waals surface area (Å²) in [5.41, 5.74) is -0.477. The molecule has 0 aliphatic heterocycles. The van der Waals surface area contributed by atoms with E-state index in [9.17, 15) is 31.5 Å². The van der Waals surface area contributed by atoms with Gasteiger partial charge < -0.3 is 10.1 Å². The molecular weight excluding hydrogens is 457 g/mol. The van der Waals surface area contributed by atoms with E-state index in [0.717, 1.165) is 12.1 Å².